The smallest absolute Gasteiger partial charge is 0.326 e. The number of carbonyl (C=O) groups is 10. The highest BCUT2D eigenvalue weighted by atomic mass is 32.2. The van der Waals surface area contributed by atoms with E-state index in [1.54, 1.807) is 6.26 Å². The summed E-state index contributed by atoms with van der Waals surface area (Å²) in [6.45, 7) is -0.259. The lowest BCUT2D eigenvalue weighted by atomic mass is 10.1. The molecule has 0 bridgehead atoms. The van der Waals surface area contributed by atoms with Gasteiger partial charge in [0.1, 0.15) is 48.3 Å². The molecule has 0 spiro atoms. The molecule has 28 nitrogen and oxygen atoms in total. The van der Waals surface area contributed by atoms with Gasteiger partial charge < -0.3 is 90.8 Å². The number of unbranched alkanes of at least 4 members (excludes halogenated alkanes) is 1. The summed E-state index contributed by atoms with van der Waals surface area (Å²) in [5, 5.41) is 55.2. The van der Waals surface area contributed by atoms with Gasteiger partial charge in [-0.25, -0.2) is 4.79 Å². The molecule has 2 fully saturated rings. The number of carboxylic acid groups (broad SMARTS) is 1. The summed E-state index contributed by atoms with van der Waals surface area (Å²) >= 11 is 1.32. The third kappa shape index (κ3) is 20.0. The molecule has 402 valence electrons. The van der Waals surface area contributed by atoms with Crippen molar-refractivity contribution in [2.75, 3.05) is 51.4 Å². The second kappa shape index (κ2) is 31.5. The number of nitrogens with zero attached hydrogens (tertiary/aromatic N) is 3. The van der Waals surface area contributed by atoms with E-state index in [-0.39, 0.29) is 83.4 Å². The maximum Gasteiger partial charge on any atom is 0.326 e. The highest BCUT2D eigenvalue weighted by molar-refractivity contribution is 7.98. The van der Waals surface area contributed by atoms with Crippen molar-refractivity contribution < 1.29 is 68.4 Å². The predicted octanol–water partition coefficient (Wildman–Crippen LogP) is -7.14. The van der Waals surface area contributed by atoms with Gasteiger partial charge >= 0.3 is 5.97 Å². The maximum atomic E-state index is 13.9. The molecule has 2 aliphatic rings. The third-order valence-electron chi connectivity index (χ3n) is 11.8. The van der Waals surface area contributed by atoms with Crippen molar-refractivity contribution >= 4 is 76.9 Å². The molecule has 2 rings (SSSR count). The second-order valence-corrected chi connectivity index (χ2v) is 18.2. The molecule has 20 N–H and O–H groups in total. The van der Waals surface area contributed by atoms with Gasteiger partial charge in [0.05, 0.1) is 25.4 Å². The lowest BCUT2D eigenvalue weighted by molar-refractivity contribution is -0.145. The molecule has 0 aromatic heterocycles. The van der Waals surface area contributed by atoms with Crippen LogP contribution in [0.5, 0.6) is 0 Å². The zero-order valence-electron chi connectivity index (χ0n) is 40.2. The van der Waals surface area contributed by atoms with Gasteiger partial charge in [-0.3, -0.25) is 48.1 Å². The molecule has 0 saturated carbocycles. The van der Waals surface area contributed by atoms with Gasteiger partial charge in [0.15, 0.2) is 5.96 Å². The Morgan fingerprint density at radius 1 is 0.662 bits per heavy atom. The average Bonchev–Trinajstić information content (AvgIpc) is 4.03. The number of rotatable bonds is 32. The summed E-state index contributed by atoms with van der Waals surface area (Å²) < 4.78 is 0. The van der Waals surface area contributed by atoms with Crippen LogP contribution in [0, 0.1) is 0 Å². The molecule has 0 aliphatic carbocycles. The number of carbonyl (C=O) groups excluding carboxylic acids is 9. The summed E-state index contributed by atoms with van der Waals surface area (Å²) in [6, 6.07) is -12.4. The van der Waals surface area contributed by atoms with E-state index in [9.17, 15) is 68.4 Å². The van der Waals surface area contributed by atoms with Crippen LogP contribution >= 0.6 is 11.8 Å². The van der Waals surface area contributed by atoms with Crippen molar-refractivity contribution in [1.29, 1.82) is 0 Å². The summed E-state index contributed by atoms with van der Waals surface area (Å²) in [5.41, 5.74) is 27.3. The first-order valence-corrected chi connectivity index (χ1v) is 24.9. The molecule has 0 unspecified atom stereocenters. The van der Waals surface area contributed by atoms with Crippen LogP contribution in [0.4, 0.5) is 0 Å². The van der Waals surface area contributed by atoms with Gasteiger partial charge in [-0.05, 0) is 96.1 Å². The Kier molecular flexibility index (Phi) is 27.1. The van der Waals surface area contributed by atoms with E-state index in [4.69, 9.17) is 28.7 Å². The molecular formula is C42H74N14O14S. The van der Waals surface area contributed by atoms with Crippen LogP contribution in [-0.4, -0.2) is 207 Å². The lowest BCUT2D eigenvalue weighted by Crippen LogP contribution is -2.62. The topological polar surface area (TPSA) is 473 Å². The van der Waals surface area contributed by atoms with E-state index in [1.807, 2.05) is 0 Å². The minimum absolute atomic E-state index is 0.0141. The van der Waals surface area contributed by atoms with Crippen molar-refractivity contribution in [3.05, 3.63) is 0 Å². The van der Waals surface area contributed by atoms with E-state index >= 15 is 0 Å². The Bertz CT molecular complexity index is 1880. The number of thioether (sulfide) groups is 1. The first kappa shape index (κ1) is 61.2. The number of primary amides is 1. The van der Waals surface area contributed by atoms with Crippen molar-refractivity contribution in [3.63, 3.8) is 0 Å². The number of carboxylic acids is 1. The number of hydrogen-bond acceptors (Lipinski definition) is 17. The van der Waals surface area contributed by atoms with Gasteiger partial charge in [0.25, 0.3) is 0 Å². The molecular weight excluding hydrogens is 957 g/mol. The Morgan fingerprint density at radius 2 is 1.18 bits per heavy atom. The number of aliphatic hydroxyl groups excluding tert-OH is 3. The number of nitrogens with one attached hydrogen (secondary N) is 6. The number of aliphatic imine (C=N–C) groups is 1. The molecule has 0 aromatic rings. The zero-order chi connectivity index (χ0) is 53.4. The molecule has 2 saturated heterocycles. The van der Waals surface area contributed by atoms with E-state index in [1.165, 1.54) is 16.7 Å². The zero-order valence-corrected chi connectivity index (χ0v) is 41.0. The number of likely N-dealkylation sites (tertiary alicyclic amines) is 2. The summed E-state index contributed by atoms with van der Waals surface area (Å²) in [5.74, 6) is -8.84. The fourth-order valence-corrected chi connectivity index (χ4v) is 8.31. The standard InChI is InChI=1S/C42H74N14O14S/c1-22(59)32(38(66)49-24(14-19-71-2)34(62)51-26(41(69)70)9-5-16-48-42(46)47)54-35(63)27(20-57)52-36(64)29-10-7-18-56(29)40(68)28(21-58)53-37(65)30-11-6-17-55(30)39(67)25(8-3-4-15-43)50-33(61)23(44)12-13-31(45)60/h22-30,32,57-59H,3-21,43-44H2,1-2H3,(H2,45,60)(H,49,66)(H,50,61)(H,51,62)(H,52,64)(H,53,65)(H,54,63)(H,69,70)(H4,46,47,48)/t22-,23+,24+,25+,26+,27+,28+,29+,30+,32+/m1/s1. The number of aliphatic hydroxyl groups is 3. The van der Waals surface area contributed by atoms with Crippen molar-refractivity contribution in [1.82, 2.24) is 41.7 Å². The van der Waals surface area contributed by atoms with E-state index in [0.29, 0.717) is 31.6 Å². The fourth-order valence-electron chi connectivity index (χ4n) is 7.84. The monoisotopic (exact) mass is 1030 g/mol. The molecule has 2 aliphatic heterocycles. The van der Waals surface area contributed by atoms with Gasteiger partial charge in [-0.1, -0.05) is 0 Å². The van der Waals surface area contributed by atoms with Crippen LogP contribution in [-0.2, 0) is 47.9 Å². The Balaban J connectivity index is 2.16. The molecule has 0 radical (unpaired) electrons. The van der Waals surface area contributed by atoms with Crippen LogP contribution < -0.4 is 60.6 Å². The molecule has 29 heteroatoms. The molecule has 9 amide bonds. The molecule has 2 heterocycles. The first-order valence-electron chi connectivity index (χ1n) is 23.5. The van der Waals surface area contributed by atoms with Gasteiger partial charge in [0, 0.05) is 26.1 Å². The van der Waals surface area contributed by atoms with Crippen LogP contribution in [0.15, 0.2) is 4.99 Å². The average molecular weight is 1030 g/mol. The summed E-state index contributed by atoms with van der Waals surface area (Å²) in [4.78, 5) is 138. The molecule has 10 atom stereocenters. The third-order valence-corrected chi connectivity index (χ3v) is 12.4. The number of aliphatic carboxylic acids is 1. The van der Waals surface area contributed by atoms with E-state index in [0.717, 1.165) is 11.8 Å². The predicted molar refractivity (Wildman–Crippen MR) is 257 cm³/mol. The van der Waals surface area contributed by atoms with Gasteiger partial charge in [0.2, 0.25) is 53.2 Å². The van der Waals surface area contributed by atoms with Crippen LogP contribution in [0.3, 0.4) is 0 Å². The molecule has 0 aromatic carbocycles. The van der Waals surface area contributed by atoms with Crippen LogP contribution in [0.1, 0.15) is 84.0 Å². The SMILES string of the molecule is CSCC[C@H](NC(=O)[C@@H](NC(=O)[C@H](CO)NC(=O)[C@@H]1CCCN1C(=O)[C@H](CO)NC(=O)[C@@H]1CCCN1C(=O)[C@H](CCCCN)NC(=O)[C@@H](N)CCC(N)=O)[C@@H](C)O)C(=O)N[C@@H](CCCN=C(N)N)C(=O)O. The fraction of sp³-hybridized carbons (Fsp3) is 0.738. The van der Waals surface area contributed by atoms with Gasteiger partial charge in [-0.2, -0.15) is 11.8 Å². The number of amides is 9. The van der Waals surface area contributed by atoms with Crippen LogP contribution in [0.2, 0.25) is 0 Å². The summed E-state index contributed by atoms with van der Waals surface area (Å²) in [7, 11) is 0. The molecule has 71 heavy (non-hydrogen) atoms. The Labute approximate surface area is 415 Å². The highest BCUT2D eigenvalue weighted by Gasteiger charge is 2.43. The summed E-state index contributed by atoms with van der Waals surface area (Å²) in [6.07, 6.45) is 2.08. The normalized spacial score (nSPS) is 18.8. The Hall–Kier alpha value is -5.88. The maximum absolute atomic E-state index is 13.9. The number of nitrogens with two attached hydrogens (primary N) is 5. The minimum atomic E-state index is -1.75. The number of guanidine groups is 1. The minimum Gasteiger partial charge on any atom is -0.480 e. The van der Waals surface area contributed by atoms with E-state index in [2.05, 4.69) is 36.9 Å². The van der Waals surface area contributed by atoms with Crippen molar-refractivity contribution in [3.8, 4) is 0 Å². The van der Waals surface area contributed by atoms with Crippen molar-refractivity contribution in [2.45, 2.75) is 144 Å². The Morgan fingerprint density at radius 3 is 1.69 bits per heavy atom. The number of hydrogen-bond donors (Lipinski definition) is 15. The van der Waals surface area contributed by atoms with Crippen molar-refractivity contribution in [2.24, 2.45) is 33.7 Å². The lowest BCUT2D eigenvalue weighted by Gasteiger charge is -2.32. The first-order chi connectivity index (χ1) is 33.6. The highest BCUT2D eigenvalue weighted by Crippen LogP contribution is 2.22. The second-order valence-electron chi connectivity index (χ2n) is 17.2. The largest absolute Gasteiger partial charge is 0.480 e. The van der Waals surface area contributed by atoms with Crippen LogP contribution in [0.25, 0.3) is 0 Å². The van der Waals surface area contributed by atoms with Gasteiger partial charge in [-0.15, -0.1) is 0 Å². The quantitative estimate of drug-likeness (QED) is 0.0169. The van der Waals surface area contributed by atoms with E-state index < -0.39 is 133 Å².